The van der Waals surface area contributed by atoms with E-state index in [1.165, 1.54) is 0 Å². The molecule has 1 aromatic heterocycles. The summed E-state index contributed by atoms with van der Waals surface area (Å²) >= 11 is 5.94. The zero-order chi connectivity index (χ0) is 14.8. The van der Waals surface area contributed by atoms with Crippen molar-refractivity contribution in [1.29, 1.82) is 0 Å². The number of benzene rings is 1. The van der Waals surface area contributed by atoms with Gasteiger partial charge in [-0.25, -0.2) is 0 Å². The van der Waals surface area contributed by atoms with Gasteiger partial charge in [0.25, 0.3) is 5.91 Å². The van der Waals surface area contributed by atoms with Crippen molar-refractivity contribution in [2.45, 2.75) is 32.4 Å². The maximum atomic E-state index is 12.7. The van der Waals surface area contributed by atoms with Crippen LogP contribution in [0.2, 0.25) is 5.02 Å². The summed E-state index contributed by atoms with van der Waals surface area (Å²) < 4.78 is 1.78. The Morgan fingerprint density at radius 3 is 2.76 bits per heavy atom. The van der Waals surface area contributed by atoms with Gasteiger partial charge in [-0.1, -0.05) is 23.7 Å². The summed E-state index contributed by atoms with van der Waals surface area (Å²) in [7, 11) is 0. The molecule has 3 rings (SSSR count). The van der Waals surface area contributed by atoms with Crippen LogP contribution in [-0.4, -0.2) is 27.1 Å². The lowest BCUT2D eigenvalue weighted by Gasteiger charge is -2.24. The summed E-state index contributed by atoms with van der Waals surface area (Å²) in [5.41, 5.74) is 1.66. The Morgan fingerprint density at radius 1 is 1.33 bits per heavy atom. The predicted octanol–water partition coefficient (Wildman–Crippen LogP) is 3.53. The highest BCUT2D eigenvalue weighted by molar-refractivity contribution is 6.30. The summed E-state index contributed by atoms with van der Waals surface area (Å²) in [5, 5.41) is 5.04. The molecule has 2 aromatic rings. The van der Waals surface area contributed by atoms with Gasteiger partial charge in [0.2, 0.25) is 0 Å². The van der Waals surface area contributed by atoms with Gasteiger partial charge >= 0.3 is 0 Å². The van der Waals surface area contributed by atoms with E-state index in [0.717, 1.165) is 36.5 Å². The van der Waals surface area contributed by atoms with E-state index in [9.17, 15) is 4.79 Å². The number of halogens is 1. The van der Waals surface area contributed by atoms with E-state index >= 15 is 0 Å². The molecule has 0 aliphatic carbocycles. The zero-order valence-corrected chi connectivity index (χ0v) is 12.8. The number of likely N-dealkylation sites (tertiary alicyclic amines) is 1. The first-order valence-electron chi connectivity index (χ1n) is 7.29. The molecule has 1 fully saturated rings. The number of amides is 1. The van der Waals surface area contributed by atoms with Crippen molar-refractivity contribution in [3.63, 3.8) is 0 Å². The van der Waals surface area contributed by atoms with E-state index in [4.69, 9.17) is 11.6 Å². The fourth-order valence-electron chi connectivity index (χ4n) is 2.84. The van der Waals surface area contributed by atoms with Crippen LogP contribution in [-0.2, 0) is 6.54 Å². The first kappa shape index (κ1) is 14.1. The quantitative estimate of drug-likeness (QED) is 0.870. The van der Waals surface area contributed by atoms with Gasteiger partial charge in [-0.15, -0.1) is 0 Å². The molecule has 1 aliphatic rings. The molecule has 2 heterocycles. The van der Waals surface area contributed by atoms with E-state index in [1.54, 1.807) is 10.7 Å². The molecule has 1 aliphatic heterocycles. The van der Waals surface area contributed by atoms with Crippen molar-refractivity contribution < 1.29 is 4.79 Å². The molecule has 1 atom stereocenters. The molecule has 110 valence electrons. The van der Waals surface area contributed by atoms with Crippen molar-refractivity contribution in [3.05, 3.63) is 52.8 Å². The van der Waals surface area contributed by atoms with Crippen molar-refractivity contribution >= 4 is 17.5 Å². The van der Waals surface area contributed by atoms with Crippen molar-refractivity contribution in [2.24, 2.45) is 0 Å². The zero-order valence-electron chi connectivity index (χ0n) is 12.0. The molecule has 0 radical (unpaired) electrons. The molecule has 1 saturated heterocycles. The van der Waals surface area contributed by atoms with Crippen LogP contribution in [0.15, 0.2) is 36.5 Å². The topological polar surface area (TPSA) is 38.1 Å². The third-order valence-electron chi connectivity index (χ3n) is 3.95. The van der Waals surface area contributed by atoms with Crippen molar-refractivity contribution in [3.8, 4) is 0 Å². The van der Waals surface area contributed by atoms with Gasteiger partial charge in [0.05, 0.1) is 6.04 Å². The monoisotopic (exact) mass is 303 g/mol. The molecule has 0 bridgehead atoms. The second-order valence-electron chi connectivity index (χ2n) is 5.26. The lowest BCUT2D eigenvalue weighted by molar-refractivity contribution is 0.0728. The Kier molecular flexibility index (Phi) is 3.97. The van der Waals surface area contributed by atoms with Gasteiger partial charge in [0, 0.05) is 24.3 Å². The number of hydrogen-bond donors (Lipinski definition) is 0. The summed E-state index contributed by atoms with van der Waals surface area (Å²) in [5.74, 6) is 0.0136. The fraction of sp³-hybridized carbons (Fsp3) is 0.375. The molecular formula is C16H18ClN3O. The van der Waals surface area contributed by atoms with E-state index in [1.807, 2.05) is 42.3 Å². The maximum absolute atomic E-state index is 12.7. The average Bonchev–Trinajstić information content (AvgIpc) is 3.16. The number of carbonyl (C=O) groups is 1. The standard InChI is InChI=1S/C16H18ClN3O/c1-2-19-11-9-14(18-19)16(21)20-10-3-4-15(20)12-5-7-13(17)8-6-12/h5-9,11,15H,2-4,10H2,1H3/t15-/m1/s1. The minimum atomic E-state index is 0.0136. The number of aromatic nitrogens is 2. The Bertz CT molecular complexity index is 635. The van der Waals surface area contributed by atoms with Gasteiger partial charge in [-0.05, 0) is 43.5 Å². The van der Waals surface area contributed by atoms with Gasteiger partial charge in [-0.3, -0.25) is 9.48 Å². The van der Waals surface area contributed by atoms with Crippen LogP contribution in [0, 0.1) is 0 Å². The van der Waals surface area contributed by atoms with Gasteiger partial charge in [0.1, 0.15) is 5.69 Å². The number of nitrogens with zero attached hydrogens (tertiary/aromatic N) is 3. The molecule has 1 aromatic carbocycles. The largest absolute Gasteiger partial charge is 0.330 e. The minimum Gasteiger partial charge on any atom is -0.330 e. The molecular weight excluding hydrogens is 286 g/mol. The maximum Gasteiger partial charge on any atom is 0.274 e. The Hall–Kier alpha value is -1.81. The molecule has 1 amide bonds. The number of hydrogen-bond acceptors (Lipinski definition) is 2. The number of carbonyl (C=O) groups excluding carboxylic acids is 1. The Balaban J connectivity index is 1.83. The average molecular weight is 304 g/mol. The van der Waals surface area contributed by atoms with Crippen LogP contribution in [0.25, 0.3) is 0 Å². The Labute approximate surface area is 129 Å². The second-order valence-corrected chi connectivity index (χ2v) is 5.70. The van der Waals surface area contributed by atoms with Crippen LogP contribution in [0.1, 0.15) is 41.9 Å². The molecule has 5 heteroatoms. The number of rotatable bonds is 3. The lowest BCUT2D eigenvalue weighted by atomic mass is 10.0. The molecule has 0 unspecified atom stereocenters. The third kappa shape index (κ3) is 2.81. The summed E-state index contributed by atoms with van der Waals surface area (Å²) in [6.45, 7) is 3.56. The summed E-state index contributed by atoms with van der Waals surface area (Å²) in [4.78, 5) is 14.6. The highest BCUT2D eigenvalue weighted by atomic mass is 35.5. The number of aryl methyl sites for hydroxylation is 1. The van der Waals surface area contributed by atoms with Crippen LogP contribution in [0.5, 0.6) is 0 Å². The molecule has 0 spiro atoms. The fourth-order valence-corrected chi connectivity index (χ4v) is 2.97. The van der Waals surface area contributed by atoms with Crippen LogP contribution in [0.4, 0.5) is 0 Å². The van der Waals surface area contributed by atoms with Crippen LogP contribution < -0.4 is 0 Å². The minimum absolute atomic E-state index is 0.0136. The van der Waals surface area contributed by atoms with Crippen molar-refractivity contribution in [2.75, 3.05) is 6.54 Å². The lowest BCUT2D eigenvalue weighted by Crippen LogP contribution is -2.31. The third-order valence-corrected chi connectivity index (χ3v) is 4.20. The van der Waals surface area contributed by atoms with Gasteiger partial charge in [-0.2, -0.15) is 5.10 Å². The molecule has 0 N–H and O–H groups in total. The normalized spacial score (nSPS) is 18.2. The summed E-state index contributed by atoms with van der Waals surface area (Å²) in [6.07, 6.45) is 3.86. The van der Waals surface area contributed by atoms with Crippen LogP contribution in [0.3, 0.4) is 0 Å². The second kappa shape index (κ2) is 5.90. The van der Waals surface area contributed by atoms with E-state index in [-0.39, 0.29) is 11.9 Å². The Morgan fingerprint density at radius 2 is 2.10 bits per heavy atom. The van der Waals surface area contributed by atoms with Crippen LogP contribution >= 0.6 is 11.6 Å². The van der Waals surface area contributed by atoms with Gasteiger partial charge < -0.3 is 4.90 Å². The van der Waals surface area contributed by atoms with Gasteiger partial charge in [0.15, 0.2) is 0 Å². The molecule has 0 saturated carbocycles. The van der Waals surface area contributed by atoms with E-state index in [2.05, 4.69) is 5.10 Å². The van der Waals surface area contributed by atoms with E-state index in [0.29, 0.717) is 5.69 Å². The van der Waals surface area contributed by atoms with Crippen molar-refractivity contribution in [1.82, 2.24) is 14.7 Å². The smallest absolute Gasteiger partial charge is 0.274 e. The molecule has 21 heavy (non-hydrogen) atoms. The SMILES string of the molecule is CCn1ccc(C(=O)N2CCC[C@@H]2c2ccc(Cl)cc2)n1. The highest BCUT2D eigenvalue weighted by Gasteiger charge is 2.31. The first-order valence-corrected chi connectivity index (χ1v) is 7.66. The molecule has 4 nitrogen and oxygen atoms in total. The highest BCUT2D eigenvalue weighted by Crippen LogP contribution is 2.33. The predicted molar refractivity (Wildman–Crippen MR) is 82.4 cm³/mol. The van der Waals surface area contributed by atoms with E-state index < -0.39 is 0 Å². The first-order chi connectivity index (χ1) is 10.2. The summed E-state index contributed by atoms with van der Waals surface area (Å²) in [6, 6.07) is 9.68.